The van der Waals surface area contributed by atoms with Crippen LogP contribution in [0.3, 0.4) is 0 Å². The van der Waals surface area contributed by atoms with Crippen LogP contribution in [0.4, 0.5) is 0 Å². The van der Waals surface area contributed by atoms with Gasteiger partial charge < -0.3 is 5.32 Å². The highest BCUT2D eigenvalue weighted by molar-refractivity contribution is 9.10. The van der Waals surface area contributed by atoms with E-state index in [1.807, 2.05) is 11.4 Å². The van der Waals surface area contributed by atoms with Crippen LogP contribution in [0.5, 0.6) is 0 Å². The molecule has 1 saturated heterocycles. The van der Waals surface area contributed by atoms with E-state index in [4.69, 9.17) is 0 Å². The van der Waals surface area contributed by atoms with E-state index in [1.165, 1.54) is 0 Å². The largest absolute Gasteiger partial charge is 0.315 e. The molecule has 1 aromatic heterocycles. The molecule has 0 spiro atoms. The van der Waals surface area contributed by atoms with Crippen LogP contribution in [0.1, 0.15) is 17.7 Å². The molecule has 2 rings (SSSR count). The molecule has 1 fully saturated rings. The van der Waals surface area contributed by atoms with Gasteiger partial charge in [0.15, 0.2) is 0 Å². The molecule has 1 aromatic rings. The van der Waals surface area contributed by atoms with Crippen LogP contribution in [-0.4, -0.2) is 26.8 Å². The molecule has 1 atom stereocenters. The molecular weight excluding hydrogens is 324 g/mol. The van der Waals surface area contributed by atoms with Gasteiger partial charge >= 0.3 is 0 Å². The summed E-state index contributed by atoms with van der Waals surface area (Å²) in [5, 5.41) is 4.78. The van der Waals surface area contributed by atoms with Crippen LogP contribution in [0.25, 0.3) is 0 Å². The van der Waals surface area contributed by atoms with Crippen molar-refractivity contribution < 1.29 is 8.42 Å². The van der Waals surface area contributed by atoms with Crippen molar-refractivity contribution in [3.8, 4) is 0 Å². The fourth-order valence-corrected chi connectivity index (χ4v) is 4.71. The summed E-state index contributed by atoms with van der Waals surface area (Å²) in [4.78, 5) is 1.02. The number of thiophene rings is 1. The minimum absolute atomic E-state index is 0.292. The molecule has 1 aliphatic rings. The maximum Gasteiger partial charge on any atom is 0.216 e. The van der Waals surface area contributed by atoms with E-state index in [0.29, 0.717) is 13.1 Å². The fraction of sp³-hybridized carbons (Fsp3) is 0.600. The minimum atomic E-state index is -3.19. The Morgan fingerprint density at radius 1 is 1.59 bits per heavy atom. The Morgan fingerprint density at radius 2 is 2.41 bits per heavy atom. The zero-order valence-corrected chi connectivity index (χ0v) is 12.5. The van der Waals surface area contributed by atoms with Crippen molar-refractivity contribution >= 4 is 37.3 Å². The van der Waals surface area contributed by atoms with Gasteiger partial charge in [0.2, 0.25) is 10.0 Å². The summed E-state index contributed by atoms with van der Waals surface area (Å²) < 4.78 is 27.7. The second-order valence-corrected chi connectivity index (χ2v) is 8.02. The van der Waals surface area contributed by atoms with E-state index in [9.17, 15) is 8.42 Å². The van der Waals surface area contributed by atoms with Crippen LogP contribution < -0.4 is 10.0 Å². The van der Waals surface area contributed by atoms with Crippen molar-refractivity contribution in [1.29, 1.82) is 0 Å². The van der Waals surface area contributed by atoms with Crippen LogP contribution in [0, 0.1) is 0 Å². The van der Waals surface area contributed by atoms with Crippen molar-refractivity contribution in [3.05, 3.63) is 20.8 Å². The van der Waals surface area contributed by atoms with Gasteiger partial charge in [-0.15, -0.1) is 11.3 Å². The highest BCUT2D eigenvalue weighted by atomic mass is 79.9. The second-order valence-electron chi connectivity index (χ2n) is 4.07. The van der Waals surface area contributed by atoms with Gasteiger partial charge in [-0.3, -0.25) is 0 Å². The third-order valence-corrected chi connectivity index (χ3v) is 6.28. The monoisotopic (exact) mass is 338 g/mol. The minimum Gasteiger partial charge on any atom is -0.315 e. The lowest BCUT2D eigenvalue weighted by molar-refractivity contribution is 0.490. The zero-order valence-electron chi connectivity index (χ0n) is 9.28. The van der Waals surface area contributed by atoms with E-state index in [2.05, 4.69) is 26.0 Å². The Balaban J connectivity index is 1.92. The average molecular weight is 339 g/mol. The van der Waals surface area contributed by atoms with Gasteiger partial charge in [0.25, 0.3) is 0 Å². The number of piperidine rings is 1. The third kappa shape index (κ3) is 3.75. The summed E-state index contributed by atoms with van der Waals surface area (Å²) in [6.07, 6.45) is 1.67. The molecular formula is C10H15BrN2O2S2. The molecule has 2 N–H and O–H groups in total. The molecule has 7 heteroatoms. The number of hydrogen-bond donors (Lipinski definition) is 2. The normalized spacial score (nSPS) is 21.6. The second kappa shape index (κ2) is 5.79. The predicted molar refractivity (Wildman–Crippen MR) is 73.7 cm³/mol. The first-order chi connectivity index (χ1) is 8.08. The van der Waals surface area contributed by atoms with Crippen LogP contribution in [0.2, 0.25) is 0 Å². The van der Waals surface area contributed by atoms with Crippen molar-refractivity contribution in [1.82, 2.24) is 10.0 Å². The molecule has 0 amide bonds. The van der Waals surface area contributed by atoms with Crippen molar-refractivity contribution in [2.75, 3.05) is 13.1 Å². The maximum atomic E-state index is 12.0. The van der Waals surface area contributed by atoms with E-state index in [0.717, 1.165) is 28.7 Å². The SMILES string of the molecule is O=S(=O)(NCc1cc(Br)cs1)C1CCCNC1. The number of nitrogens with one attached hydrogen (secondary N) is 2. The quantitative estimate of drug-likeness (QED) is 0.878. The molecule has 96 valence electrons. The van der Waals surface area contributed by atoms with Crippen LogP contribution in [-0.2, 0) is 16.6 Å². The zero-order chi connectivity index (χ0) is 12.3. The Kier molecular flexibility index (Phi) is 4.59. The number of halogens is 1. The Hall–Kier alpha value is 0.0500. The first kappa shape index (κ1) is 13.5. The van der Waals surface area contributed by atoms with E-state index < -0.39 is 10.0 Å². The number of hydrogen-bond acceptors (Lipinski definition) is 4. The molecule has 0 radical (unpaired) electrons. The summed E-state index contributed by atoms with van der Waals surface area (Å²) in [6, 6.07) is 1.94. The average Bonchev–Trinajstić information content (AvgIpc) is 2.74. The molecule has 0 bridgehead atoms. The van der Waals surface area contributed by atoms with Gasteiger partial charge in [-0.1, -0.05) is 0 Å². The molecule has 1 unspecified atom stereocenters. The molecule has 0 aromatic carbocycles. The Labute approximate surface area is 114 Å². The van der Waals surface area contributed by atoms with Gasteiger partial charge in [0.05, 0.1) is 5.25 Å². The third-order valence-electron chi connectivity index (χ3n) is 2.76. The lowest BCUT2D eigenvalue weighted by Crippen LogP contribution is -2.43. The first-order valence-corrected chi connectivity index (χ1v) is 8.72. The smallest absolute Gasteiger partial charge is 0.216 e. The van der Waals surface area contributed by atoms with E-state index in [-0.39, 0.29) is 5.25 Å². The Morgan fingerprint density at radius 3 is 3.00 bits per heavy atom. The standard InChI is InChI=1S/C10H15BrN2O2S2/c11-8-4-9(16-7-8)5-13-17(14,15)10-2-1-3-12-6-10/h4,7,10,12-13H,1-3,5-6H2. The summed E-state index contributed by atoms with van der Waals surface area (Å²) >= 11 is 4.90. The van der Waals surface area contributed by atoms with Gasteiger partial charge in [0, 0.05) is 27.8 Å². The fourth-order valence-electron chi connectivity index (χ4n) is 1.82. The number of sulfonamides is 1. The lowest BCUT2D eigenvalue weighted by atomic mass is 10.2. The molecule has 0 saturated carbocycles. The number of rotatable bonds is 4. The van der Waals surface area contributed by atoms with Crippen molar-refractivity contribution in [2.45, 2.75) is 24.6 Å². The first-order valence-electron chi connectivity index (χ1n) is 5.50. The van der Waals surface area contributed by atoms with Gasteiger partial charge in [-0.05, 0) is 41.4 Å². The van der Waals surface area contributed by atoms with Gasteiger partial charge in [0.1, 0.15) is 0 Å². The van der Waals surface area contributed by atoms with Crippen molar-refractivity contribution in [3.63, 3.8) is 0 Å². The predicted octanol–water partition coefficient (Wildman–Crippen LogP) is 1.68. The molecule has 1 aliphatic heterocycles. The molecule has 0 aliphatic carbocycles. The van der Waals surface area contributed by atoms with Crippen molar-refractivity contribution in [2.24, 2.45) is 0 Å². The topological polar surface area (TPSA) is 58.2 Å². The summed E-state index contributed by atoms with van der Waals surface area (Å²) in [7, 11) is -3.19. The molecule has 17 heavy (non-hydrogen) atoms. The summed E-state index contributed by atoms with van der Waals surface area (Å²) in [5.41, 5.74) is 0. The van der Waals surface area contributed by atoms with E-state index >= 15 is 0 Å². The molecule has 4 nitrogen and oxygen atoms in total. The van der Waals surface area contributed by atoms with Gasteiger partial charge in [-0.25, -0.2) is 13.1 Å². The highest BCUT2D eigenvalue weighted by Crippen LogP contribution is 2.20. The van der Waals surface area contributed by atoms with Gasteiger partial charge in [-0.2, -0.15) is 0 Å². The summed E-state index contributed by atoms with van der Waals surface area (Å²) in [6.45, 7) is 1.86. The van der Waals surface area contributed by atoms with E-state index in [1.54, 1.807) is 11.3 Å². The summed E-state index contributed by atoms with van der Waals surface area (Å²) in [5.74, 6) is 0. The molecule has 2 heterocycles. The highest BCUT2D eigenvalue weighted by Gasteiger charge is 2.26. The Bertz CT molecular complexity index is 466. The van der Waals surface area contributed by atoms with Crippen LogP contribution in [0.15, 0.2) is 15.9 Å². The van der Waals surface area contributed by atoms with Crippen LogP contribution >= 0.6 is 27.3 Å². The maximum absolute atomic E-state index is 12.0. The lowest BCUT2D eigenvalue weighted by Gasteiger charge is -2.22.